The lowest BCUT2D eigenvalue weighted by Gasteiger charge is -2.60. The lowest BCUT2D eigenvalue weighted by Crippen LogP contribution is -2.54. The molecule has 4 aliphatic rings. The van der Waals surface area contributed by atoms with Crippen molar-refractivity contribution in [3.8, 4) is 0 Å². The van der Waals surface area contributed by atoms with Crippen molar-refractivity contribution in [2.75, 3.05) is 0 Å². The van der Waals surface area contributed by atoms with Crippen LogP contribution in [0, 0.1) is 28.6 Å². The molecule has 17 heavy (non-hydrogen) atoms. The molecule has 4 bridgehead atoms. The summed E-state index contributed by atoms with van der Waals surface area (Å²) >= 11 is 0. The summed E-state index contributed by atoms with van der Waals surface area (Å²) in [7, 11) is 0. The Morgan fingerprint density at radius 1 is 1.18 bits per heavy atom. The summed E-state index contributed by atoms with van der Waals surface area (Å²) in [5.74, 6) is 2.88. The number of carbonyl (C=O) groups is 1. The second-order valence-corrected chi connectivity index (χ2v) is 8.07. The van der Waals surface area contributed by atoms with Crippen LogP contribution in [0.1, 0.15) is 65.7 Å². The molecule has 0 aromatic rings. The van der Waals surface area contributed by atoms with Crippen LogP contribution in [0.25, 0.3) is 0 Å². The SMILES string of the molecule is CC(C)CC(=O)C12CC3CC(CC(C)(C3)C1)C2. The Balaban J connectivity index is 1.85. The number of ketones is 1. The first-order chi connectivity index (χ1) is 7.91. The third kappa shape index (κ3) is 1.86. The molecule has 0 aromatic carbocycles. The molecule has 4 fully saturated rings. The van der Waals surface area contributed by atoms with Gasteiger partial charge < -0.3 is 0 Å². The molecule has 0 amide bonds. The van der Waals surface area contributed by atoms with Crippen molar-refractivity contribution in [1.29, 1.82) is 0 Å². The second-order valence-electron chi connectivity index (χ2n) is 8.07. The van der Waals surface area contributed by atoms with Gasteiger partial charge in [-0.05, 0) is 61.7 Å². The normalized spacial score (nSPS) is 47.8. The zero-order valence-corrected chi connectivity index (χ0v) is 11.6. The molecular formula is C16H26O. The van der Waals surface area contributed by atoms with E-state index in [4.69, 9.17) is 0 Å². The molecule has 0 saturated heterocycles. The van der Waals surface area contributed by atoms with Crippen LogP contribution in [0.2, 0.25) is 0 Å². The molecule has 4 rings (SSSR count). The molecule has 1 heteroatoms. The van der Waals surface area contributed by atoms with E-state index in [1.807, 2.05) is 0 Å². The highest BCUT2D eigenvalue weighted by Gasteiger charge is 2.58. The van der Waals surface area contributed by atoms with Gasteiger partial charge in [0.15, 0.2) is 0 Å². The number of hydrogen-bond acceptors (Lipinski definition) is 1. The molecular weight excluding hydrogens is 208 g/mol. The van der Waals surface area contributed by atoms with Gasteiger partial charge in [-0.1, -0.05) is 20.8 Å². The van der Waals surface area contributed by atoms with Crippen LogP contribution >= 0.6 is 0 Å². The standard InChI is InChI=1S/C16H26O/c1-11(2)4-14(17)16-8-12-5-13(9-16)7-15(3,6-12)10-16/h11-13H,4-10H2,1-3H3. The summed E-state index contributed by atoms with van der Waals surface area (Å²) in [6, 6.07) is 0. The average molecular weight is 234 g/mol. The second kappa shape index (κ2) is 3.59. The summed E-state index contributed by atoms with van der Waals surface area (Å²) in [4.78, 5) is 12.6. The van der Waals surface area contributed by atoms with E-state index in [0.717, 1.165) is 18.3 Å². The highest BCUT2D eigenvalue weighted by atomic mass is 16.1. The van der Waals surface area contributed by atoms with E-state index in [0.29, 0.717) is 17.1 Å². The molecule has 1 nitrogen and oxygen atoms in total. The molecule has 4 aliphatic carbocycles. The van der Waals surface area contributed by atoms with Crippen molar-refractivity contribution in [1.82, 2.24) is 0 Å². The van der Waals surface area contributed by atoms with Crippen molar-refractivity contribution in [2.24, 2.45) is 28.6 Å². The van der Waals surface area contributed by atoms with E-state index in [1.54, 1.807) is 0 Å². The maximum Gasteiger partial charge on any atom is 0.139 e. The van der Waals surface area contributed by atoms with Gasteiger partial charge in [-0.2, -0.15) is 0 Å². The van der Waals surface area contributed by atoms with E-state index in [9.17, 15) is 4.79 Å². The van der Waals surface area contributed by atoms with E-state index >= 15 is 0 Å². The molecule has 0 heterocycles. The molecule has 2 atom stereocenters. The minimum atomic E-state index is 0.114. The van der Waals surface area contributed by atoms with Gasteiger partial charge in [0, 0.05) is 11.8 Å². The average Bonchev–Trinajstić information content (AvgIpc) is 2.11. The molecule has 0 spiro atoms. The van der Waals surface area contributed by atoms with Gasteiger partial charge in [-0.3, -0.25) is 4.79 Å². The summed E-state index contributed by atoms with van der Waals surface area (Å²) in [6.07, 6.45) is 8.70. The number of Topliss-reactive ketones (excluding diaryl/α,β-unsaturated/α-hetero) is 1. The van der Waals surface area contributed by atoms with Gasteiger partial charge in [-0.15, -0.1) is 0 Å². The maximum atomic E-state index is 12.6. The van der Waals surface area contributed by atoms with Crippen molar-refractivity contribution < 1.29 is 4.79 Å². The van der Waals surface area contributed by atoms with E-state index in [2.05, 4.69) is 20.8 Å². The van der Waals surface area contributed by atoms with Crippen LogP contribution in [0.3, 0.4) is 0 Å². The fraction of sp³-hybridized carbons (Fsp3) is 0.938. The quantitative estimate of drug-likeness (QED) is 0.715. The van der Waals surface area contributed by atoms with E-state index in [-0.39, 0.29) is 5.41 Å². The first-order valence-corrected chi connectivity index (χ1v) is 7.44. The summed E-state index contributed by atoms with van der Waals surface area (Å²) in [5, 5.41) is 0. The molecule has 0 aromatic heterocycles. The van der Waals surface area contributed by atoms with E-state index in [1.165, 1.54) is 38.5 Å². The third-order valence-corrected chi connectivity index (χ3v) is 5.54. The fourth-order valence-corrected chi connectivity index (χ4v) is 5.63. The lowest BCUT2D eigenvalue weighted by molar-refractivity contribution is -0.153. The van der Waals surface area contributed by atoms with Crippen molar-refractivity contribution >= 4 is 5.78 Å². The van der Waals surface area contributed by atoms with Crippen LogP contribution in [0.4, 0.5) is 0 Å². The zero-order chi connectivity index (χ0) is 12.3. The van der Waals surface area contributed by atoms with Gasteiger partial charge in [0.1, 0.15) is 5.78 Å². The van der Waals surface area contributed by atoms with E-state index < -0.39 is 0 Å². The monoisotopic (exact) mass is 234 g/mol. The molecule has 96 valence electrons. The lowest BCUT2D eigenvalue weighted by atomic mass is 9.43. The zero-order valence-electron chi connectivity index (χ0n) is 11.6. The Morgan fingerprint density at radius 2 is 1.76 bits per heavy atom. The fourth-order valence-electron chi connectivity index (χ4n) is 5.63. The van der Waals surface area contributed by atoms with Crippen LogP contribution < -0.4 is 0 Å². The Kier molecular flexibility index (Phi) is 2.48. The van der Waals surface area contributed by atoms with Gasteiger partial charge in [0.05, 0.1) is 0 Å². The highest BCUT2D eigenvalue weighted by molar-refractivity contribution is 5.85. The molecule has 2 unspecified atom stereocenters. The summed E-state index contributed by atoms with van der Waals surface area (Å²) < 4.78 is 0. The molecule has 0 N–H and O–H groups in total. The van der Waals surface area contributed by atoms with Crippen molar-refractivity contribution in [2.45, 2.75) is 65.7 Å². The Morgan fingerprint density at radius 3 is 2.24 bits per heavy atom. The first kappa shape index (κ1) is 11.7. The minimum Gasteiger partial charge on any atom is -0.299 e. The highest BCUT2D eigenvalue weighted by Crippen LogP contribution is 2.65. The molecule has 0 radical (unpaired) electrons. The maximum absolute atomic E-state index is 12.6. The Hall–Kier alpha value is -0.330. The number of rotatable bonds is 3. The van der Waals surface area contributed by atoms with Crippen molar-refractivity contribution in [3.63, 3.8) is 0 Å². The number of carbonyl (C=O) groups excluding carboxylic acids is 1. The smallest absolute Gasteiger partial charge is 0.139 e. The summed E-state index contributed by atoms with van der Waals surface area (Å²) in [6.45, 7) is 6.81. The Bertz CT molecular complexity index is 327. The van der Waals surface area contributed by atoms with Crippen LogP contribution in [0.5, 0.6) is 0 Å². The molecule has 4 saturated carbocycles. The summed E-state index contributed by atoms with van der Waals surface area (Å²) in [5.41, 5.74) is 0.625. The van der Waals surface area contributed by atoms with Crippen LogP contribution in [-0.4, -0.2) is 5.78 Å². The Labute approximate surface area is 105 Å². The van der Waals surface area contributed by atoms with Gasteiger partial charge >= 0.3 is 0 Å². The van der Waals surface area contributed by atoms with Crippen LogP contribution in [-0.2, 0) is 4.79 Å². The minimum absolute atomic E-state index is 0.114. The van der Waals surface area contributed by atoms with Gasteiger partial charge in [0.2, 0.25) is 0 Å². The van der Waals surface area contributed by atoms with Crippen molar-refractivity contribution in [3.05, 3.63) is 0 Å². The van der Waals surface area contributed by atoms with Gasteiger partial charge in [0.25, 0.3) is 0 Å². The number of hydrogen-bond donors (Lipinski definition) is 0. The van der Waals surface area contributed by atoms with Crippen LogP contribution in [0.15, 0.2) is 0 Å². The van der Waals surface area contributed by atoms with Gasteiger partial charge in [-0.25, -0.2) is 0 Å². The molecule has 0 aliphatic heterocycles. The predicted octanol–water partition coefficient (Wildman–Crippen LogP) is 4.21. The first-order valence-electron chi connectivity index (χ1n) is 7.44. The largest absolute Gasteiger partial charge is 0.299 e. The predicted molar refractivity (Wildman–Crippen MR) is 69.7 cm³/mol. The topological polar surface area (TPSA) is 17.1 Å². The third-order valence-electron chi connectivity index (χ3n) is 5.54.